The van der Waals surface area contributed by atoms with Gasteiger partial charge in [-0.2, -0.15) is 0 Å². The maximum atomic E-state index is 12.5. The first-order chi connectivity index (χ1) is 6.45. The Bertz CT molecular complexity index is 426. The molecule has 1 aromatic rings. The highest BCUT2D eigenvalue weighted by atomic mass is 19.3. The van der Waals surface area contributed by atoms with Gasteiger partial charge in [-0.3, -0.25) is 9.59 Å². The minimum absolute atomic E-state index is 0.184. The van der Waals surface area contributed by atoms with Gasteiger partial charge in [0.2, 0.25) is 0 Å². The van der Waals surface area contributed by atoms with Crippen LogP contribution in [-0.4, -0.2) is 10.9 Å². The van der Waals surface area contributed by atoms with Crippen LogP contribution in [0.25, 0.3) is 0 Å². The molecule has 6 heteroatoms. The number of aromatic amines is 1. The lowest BCUT2D eigenvalue weighted by molar-refractivity contribution is 0.0985. The summed E-state index contributed by atoms with van der Waals surface area (Å²) in [5.74, 6) is -0.986. The molecule has 1 rings (SSSR count). The van der Waals surface area contributed by atoms with Crippen molar-refractivity contribution in [1.29, 1.82) is 0 Å². The van der Waals surface area contributed by atoms with Gasteiger partial charge in [0.25, 0.3) is 17.9 Å². The smallest absolute Gasteiger partial charge is 0.265 e. The Hall–Kier alpha value is -1.72. The number of alkyl halides is 2. The summed E-state index contributed by atoms with van der Waals surface area (Å²) in [4.78, 5) is 23.9. The molecule has 76 valence electrons. The van der Waals surface area contributed by atoms with Crippen molar-refractivity contribution < 1.29 is 13.6 Å². The number of hydrogen-bond acceptors (Lipinski definition) is 2. The number of halogens is 2. The minimum atomic E-state index is -2.89. The summed E-state index contributed by atoms with van der Waals surface area (Å²) in [7, 11) is 0. The summed E-state index contributed by atoms with van der Waals surface area (Å²) in [6.45, 7) is 1.22. The van der Waals surface area contributed by atoms with Crippen molar-refractivity contribution in [3.8, 4) is 0 Å². The number of carbonyl (C=O) groups excluding carboxylic acids is 1. The molecule has 0 atom stereocenters. The fourth-order valence-corrected chi connectivity index (χ4v) is 1.13. The van der Waals surface area contributed by atoms with Crippen molar-refractivity contribution in [3.05, 3.63) is 33.2 Å². The summed E-state index contributed by atoms with van der Waals surface area (Å²) in [6.07, 6.45) is -1.99. The number of pyridine rings is 1. The number of nitrogens with one attached hydrogen (secondary N) is 1. The number of nitrogens with two attached hydrogens (primary N) is 1. The van der Waals surface area contributed by atoms with Gasteiger partial charge in [-0.15, -0.1) is 0 Å². The Morgan fingerprint density at radius 2 is 2.14 bits per heavy atom. The van der Waals surface area contributed by atoms with Crippen LogP contribution in [0.1, 0.15) is 27.9 Å². The quantitative estimate of drug-likeness (QED) is 0.741. The Labute approximate surface area is 77.7 Å². The van der Waals surface area contributed by atoms with E-state index in [9.17, 15) is 18.4 Å². The van der Waals surface area contributed by atoms with Crippen molar-refractivity contribution in [2.75, 3.05) is 0 Å². The van der Waals surface area contributed by atoms with Crippen molar-refractivity contribution in [2.24, 2.45) is 5.73 Å². The molecular formula is C8H8F2N2O2. The molecule has 4 nitrogen and oxygen atoms in total. The van der Waals surface area contributed by atoms with E-state index in [2.05, 4.69) is 4.98 Å². The lowest BCUT2D eigenvalue weighted by Gasteiger charge is -2.07. The van der Waals surface area contributed by atoms with Crippen LogP contribution in [0.4, 0.5) is 8.78 Å². The second-order valence-electron chi connectivity index (χ2n) is 2.74. The second kappa shape index (κ2) is 3.57. The van der Waals surface area contributed by atoms with Crippen LogP contribution >= 0.6 is 0 Å². The van der Waals surface area contributed by atoms with Gasteiger partial charge in [0.1, 0.15) is 0 Å². The van der Waals surface area contributed by atoms with Gasteiger partial charge >= 0.3 is 0 Å². The molecule has 0 fully saturated rings. The molecule has 1 aromatic heterocycles. The van der Waals surface area contributed by atoms with Gasteiger partial charge < -0.3 is 10.7 Å². The van der Waals surface area contributed by atoms with E-state index >= 15 is 0 Å². The predicted octanol–water partition coefficient (Wildman–Crippen LogP) is 0.720. The van der Waals surface area contributed by atoms with Gasteiger partial charge in [-0.05, 0) is 6.92 Å². The first kappa shape index (κ1) is 10.4. The van der Waals surface area contributed by atoms with E-state index in [4.69, 9.17) is 5.73 Å². The topological polar surface area (TPSA) is 76.0 Å². The molecule has 14 heavy (non-hydrogen) atoms. The average Bonchev–Trinajstić information content (AvgIpc) is 2.08. The molecule has 3 N–H and O–H groups in total. The molecule has 0 saturated heterocycles. The largest absolute Gasteiger partial charge is 0.366 e. The number of carbonyl (C=O) groups is 1. The van der Waals surface area contributed by atoms with E-state index in [1.807, 2.05) is 0 Å². The maximum Gasteiger partial charge on any atom is 0.265 e. The summed E-state index contributed by atoms with van der Waals surface area (Å²) in [6, 6.07) is 0. The lowest BCUT2D eigenvalue weighted by atomic mass is 10.1. The maximum absolute atomic E-state index is 12.5. The van der Waals surface area contributed by atoms with Crippen LogP contribution in [0.3, 0.4) is 0 Å². The summed E-state index contributed by atoms with van der Waals surface area (Å²) >= 11 is 0. The van der Waals surface area contributed by atoms with E-state index in [-0.39, 0.29) is 11.1 Å². The highest BCUT2D eigenvalue weighted by Crippen LogP contribution is 2.23. The Morgan fingerprint density at radius 1 is 1.57 bits per heavy atom. The molecular weight excluding hydrogens is 194 g/mol. The minimum Gasteiger partial charge on any atom is -0.366 e. The molecule has 0 radical (unpaired) electrons. The summed E-state index contributed by atoms with van der Waals surface area (Å²) in [5, 5.41) is 0. The number of amides is 1. The first-order valence-electron chi connectivity index (χ1n) is 3.75. The third-order valence-corrected chi connectivity index (χ3v) is 1.87. The highest BCUT2D eigenvalue weighted by molar-refractivity contribution is 5.94. The van der Waals surface area contributed by atoms with Crippen LogP contribution in [0.15, 0.2) is 11.0 Å². The molecule has 1 amide bonds. The van der Waals surface area contributed by atoms with E-state index < -0.39 is 23.5 Å². The normalized spacial score (nSPS) is 10.6. The summed E-state index contributed by atoms with van der Waals surface area (Å²) in [5.41, 5.74) is 3.10. The van der Waals surface area contributed by atoms with Crippen molar-refractivity contribution in [3.63, 3.8) is 0 Å². The molecule has 1 heterocycles. The lowest BCUT2D eigenvalue weighted by Crippen LogP contribution is -2.21. The Morgan fingerprint density at radius 3 is 2.57 bits per heavy atom. The van der Waals surface area contributed by atoms with Crippen LogP contribution in [-0.2, 0) is 0 Å². The molecule has 0 saturated carbocycles. The number of hydrogen-bond donors (Lipinski definition) is 2. The molecule has 0 aromatic carbocycles. The zero-order valence-electron chi connectivity index (χ0n) is 7.30. The van der Waals surface area contributed by atoms with Crippen LogP contribution in [0.5, 0.6) is 0 Å². The van der Waals surface area contributed by atoms with E-state index in [1.165, 1.54) is 6.92 Å². The van der Waals surface area contributed by atoms with Crippen LogP contribution in [0, 0.1) is 6.92 Å². The van der Waals surface area contributed by atoms with Crippen molar-refractivity contribution in [2.45, 2.75) is 13.3 Å². The molecule has 0 spiro atoms. The summed E-state index contributed by atoms with van der Waals surface area (Å²) < 4.78 is 24.9. The van der Waals surface area contributed by atoms with Gasteiger partial charge in [0.05, 0.1) is 5.56 Å². The Balaban J connectivity index is 3.53. The molecule has 0 unspecified atom stereocenters. The van der Waals surface area contributed by atoms with Crippen LogP contribution in [0.2, 0.25) is 0 Å². The molecule has 0 aliphatic rings. The number of H-pyrrole nitrogens is 1. The average molecular weight is 202 g/mol. The Kier molecular flexibility index (Phi) is 2.64. The predicted molar refractivity (Wildman–Crippen MR) is 45.3 cm³/mol. The fraction of sp³-hybridized carbons (Fsp3) is 0.250. The van der Waals surface area contributed by atoms with Gasteiger partial charge in [-0.25, -0.2) is 8.78 Å². The molecule has 0 aliphatic heterocycles. The third kappa shape index (κ3) is 1.63. The zero-order chi connectivity index (χ0) is 10.9. The monoisotopic (exact) mass is 202 g/mol. The second-order valence-corrected chi connectivity index (χ2v) is 2.74. The highest BCUT2D eigenvalue weighted by Gasteiger charge is 2.20. The van der Waals surface area contributed by atoms with Gasteiger partial charge in [-0.1, -0.05) is 0 Å². The van der Waals surface area contributed by atoms with Gasteiger partial charge in [0.15, 0.2) is 0 Å². The van der Waals surface area contributed by atoms with E-state index in [0.29, 0.717) is 0 Å². The van der Waals surface area contributed by atoms with E-state index in [1.54, 1.807) is 0 Å². The standard InChI is InChI=1S/C8H8F2N2O2/c1-3-5(6(9)10)4(7(11)13)2-12-8(3)14/h2,6H,1H3,(H2,11,13)(H,12,14). The fourth-order valence-electron chi connectivity index (χ4n) is 1.13. The van der Waals surface area contributed by atoms with Crippen LogP contribution < -0.4 is 11.3 Å². The molecule has 0 bridgehead atoms. The SMILES string of the molecule is Cc1c(C(F)F)c(C(N)=O)c[nH]c1=O. The van der Waals surface area contributed by atoms with Crippen molar-refractivity contribution in [1.82, 2.24) is 4.98 Å². The number of aromatic nitrogens is 1. The first-order valence-corrected chi connectivity index (χ1v) is 3.75. The number of rotatable bonds is 2. The van der Waals surface area contributed by atoms with Gasteiger partial charge in [0, 0.05) is 17.3 Å². The van der Waals surface area contributed by atoms with Crippen molar-refractivity contribution >= 4 is 5.91 Å². The zero-order valence-corrected chi connectivity index (χ0v) is 7.30. The third-order valence-electron chi connectivity index (χ3n) is 1.87. The number of primary amides is 1. The molecule has 0 aliphatic carbocycles. The van der Waals surface area contributed by atoms with E-state index in [0.717, 1.165) is 6.20 Å².